The molecule has 8 nitrogen and oxygen atoms in total. The van der Waals surface area contributed by atoms with Crippen LogP contribution in [-0.2, 0) is 21.4 Å². The second-order valence-corrected chi connectivity index (χ2v) is 12.5. The maximum atomic E-state index is 12.7. The number of allylic oxidation sites excluding steroid dienone is 1. The summed E-state index contributed by atoms with van der Waals surface area (Å²) in [7, 11) is -3.71. The Balaban J connectivity index is 1.39. The van der Waals surface area contributed by atoms with E-state index in [4.69, 9.17) is 27.6 Å². The van der Waals surface area contributed by atoms with Gasteiger partial charge < -0.3 is 14.2 Å². The largest absolute Gasteiger partial charge is 0.398 e. The van der Waals surface area contributed by atoms with Gasteiger partial charge in [-0.3, -0.25) is 9.52 Å². The van der Waals surface area contributed by atoms with Crippen LogP contribution in [0.15, 0.2) is 82.6 Å². The third kappa shape index (κ3) is 5.21. The molecule has 0 spiro atoms. The summed E-state index contributed by atoms with van der Waals surface area (Å²) in [5.41, 5.74) is 6.49. The molecule has 0 radical (unpaired) electrons. The first-order valence-electron chi connectivity index (χ1n) is 13.1. The fourth-order valence-electron chi connectivity index (χ4n) is 5.48. The van der Waals surface area contributed by atoms with Gasteiger partial charge in [0.05, 0.1) is 33.8 Å². The van der Waals surface area contributed by atoms with Crippen molar-refractivity contribution in [1.29, 1.82) is 0 Å². The molecular formula is C30H27Cl2N4O4S+. The molecule has 3 aromatic carbocycles. The highest BCUT2D eigenvalue weighted by Crippen LogP contribution is 2.49. The van der Waals surface area contributed by atoms with Crippen LogP contribution in [-0.4, -0.2) is 33.7 Å². The van der Waals surface area contributed by atoms with E-state index in [2.05, 4.69) is 45.4 Å². The Morgan fingerprint density at radius 2 is 1.76 bits per heavy atom. The zero-order valence-corrected chi connectivity index (χ0v) is 24.7. The quantitative estimate of drug-likeness (QED) is 0.269. The molecule has 0 atom stereocenters. The first kappa shape index (κ1) is 27.4. The monoisotopic (exact) mass is 609 g/mol. The third-order valence-electron chi connectivity index (χ3n) is 7.18. The summed E-state index contributed by atoms with van der Waals surface area (Å²) in [6.45, 7) is 3.24. The fraction of sp³-hybridized carbons (Fsp3) is 0.200. The average Bonchev–Trinajstić information content (AvgIpc) is 3.59. The molecule has 0 aliphatic carbocycles. The highest BCUT2D eigenvalue weighted by Gasteiger charge is 2.38. The maximum Gasteiger partial charge on any atom is 0.374 e. The third-order valence-corrected chi connectivity index (χ3v) is 8.50. The van der Waals surface area contributed by atoms with Crippen molar-refractivity contribution < 1.29 is 22.2 Å². The molecular weight excluding hydrogens is 583 g/mol. The zero-order valence-electron chi connectivity index (χ0n) is 22.4. The number of oxazole rings is 1. The van der Waals surface area contributed by atoms with Crippen LogP contribution in [0.2, 0.25) is 10.0 Å². The van der Waals surface area contributed by atoms with E-state index in [1.807, 2.05) is 36.4 Å². The highest BCUT2D eigenvalue weighted by molar-refractivity contribution is 7.89. The topological polar surface area (TPSA) is 86.7 Å². The Kier molecular flexibility index (Phi) is 7.05. The summed E-state index contributed by atoms with van der Waals surface area (Å²) in [6, 6.07) is 19.9. The van der Waals surface area contributed by atoms with E-state index in [9.17, 15) is 13.2 Å². The molecule has 3 heterocycles. The molecule has 1 amide bonds. The van der Waals surface area contributed by atoms with E-state index >= 15 is 0 Å². The number of hydrogen-bond donors (Lipinski definition) is 1. The molecule has 6 rings (SSSR count). The van der Waals surface area contributed by atoms with Crippen LogP contribution < -0.4 is 19.1 Å². The number of rotatable bonds is 7. The minimum atomic E-state index is -3.71. The molecule has 1 N–H and O–H groups in total. The van der Waals surface area contributed by atoms with Crippen molar-refractivity contribution in [1.82, 2.24) is 4.72 Å². The number of aryl methyl sites for hydroxylation is 1. The Hall–Kier alpha value is -3.79. The normalized spacial score (nSPS) is 14.8. The fourth-order valence-corrected chi connectivity index (χ4v) is 6.28. The Morgan fingerprint density at radius 3 is 2.46 bits per heavy atom. The number of halogens is 2. The van der Waals surface area contributed by atoms with Crippen molar-refractivity contribution in [2.75, 3.05) is 29.1 Å². The number of fused-ring (bicyclic) bond motifs is 4. The summed E-state index contributed by atoms with van der Waals surface area (Å²) < 4.78 is 33.9. The van der Waals surface area contributed by atoms with E-state index in [-0.39, 0.29) is 6.54 Å². The lowest BCUT2D eigenvalue weighted by Crippen LogP contribution is -2.39. The lowest BCUT2D eigenvalue weighted by atomic mass is 10.1. The van der Waals surface area contributed by atoms with Crippen LogP contribution in [0.4, 0.5) is 11.4 Å². The van der Waals surface area contributed by atoms with Crippen molar-refractivity contribution in [3.05, 3.63) is 94.1 Å². The average molecular weight is 611 g/mol. The second kappa shape index (κ2) is 10.6. The number of hydrogen-bond acceptors (Lipinski definition) is 6. The number of benzene rings is 3. The van der Waals surface area contributed by atoms with Crippen LogP contribution in [0.25, 0.3) is 28.3 Å². The summed E-state index contributed by atoms with van der Waals surface area (Å²) in [5, 5.41) is 0.747. The first-order valence-corrected chi connectivity index (χ1v) is 15.8. The van der Waals surface area contributed by atoms with Crippen molar-refractivity contribution in [2.45, 2.75) is 19.9 Å². The number of carbonyl (C=O) groups excluding carboxylic acids is 1. The molecule has 2 aliphatic heterocycles. The van der Waals surface area contributed by atoms with E-state index in [1.165, 1.54) is 0 Å². The summed E-state index contributed by atoms with van der Waals surface area (Å²) in [5.74, 6) is 0.829. The predicted octanol–water partition coefficient (Wildman–Crippen LogP) is 5.74. The van der Waals surface area contributed by atoms with Gasteiger partial charge in [-0.15, -0.1) is 0 Å². The minimum absolute atomic E-state index is 0.205. The standard InChI is InChI=1S/C30H26Cl2N4O4S/c1-3-34-26-15-21(19-7-5-4-6-8-19)9-11-27(26)40-29(34)12-10-20-13-14-35-24-16-22(31)23(32)17-25(24)36(30(20)35)18-28(37)33-41(2,38)39/h4-12,15-17H,3,13-14,18H2,1-2H3/p+1. The number of anilines is 2. The van der Waals surface area contributed by atoms with Crippen molar-refractivity contribution in [3.63, 3.8) is 0 Å². The highest BCUT2D eigenvalue weighted by atomic mass is 35.5. The van der Waals surface area contributed by atoms with Crippen molar-refractivity contribution in [3.8, 4) is 11.1 Å². The van der Waals surface area contributed by atoms with Crippen LogP contribution in [0.3, 0.4) is 0 Å². The van der Waals surface area contributed by atoms with E-state index < -0.39 is 15.9 Å². The molecule has 0 fully saturated rings. The molecule has 2 aliphatic rings. The van der Waals surface area contributed by atoms with Gasteiger partial charge in [0.15, 0.2) is 0 Å². The van der Waals surface area contributed by atoms with Crippen LogP contribution in [0, 0.1) is 0 Å². The van der Waals surface area contributed by atoms with E-state index in [1.54, 1.807) is 17.0 Å². The number of carbonyl (C=O) groups is 1. The molecule has 0 unspecified atom stereocenters. The Labute approximate surface area is 248 Å². The molecule has 0 saturated carbocycles. The molecule has 11 heteroatoms. The van der Waals surface area contributed by atoms with Gasteiger partial charge in [-0.1, -0.05) is 59.6 Å². The predicted molar refractivity (Wildman–Crippen MR) is 162 cm³/mol. The van der Waals surface area contributed by atoms with Gasteiger partial charge >= 0.3 is 5.89 Å². The van der Waals surface area contributed by atoms with Crippen molar-refractivity contribution in [2.24, 2.45) is 0 Å². The number of nitrogens with zero attached hydrogens (tertiary/aromatic N) is 3. The van der Waals surface area contributed by atoms with Gasteiger partial charge in [0.25, 0.3) is 11.4 Å². The molecule has 210 valence electrons. The first-order chi connectivity index (χ1) is 19.6. The van der Waals surface area contributed by atoms with E-state index in [0.717, 1.165) is 45.6 Å². The Morgan fingerprint density at radius 1 is 1.02 bits per heavy atom. The maximum absolute atomic E-state index is 12.7. The summed E-state index contributed by atoms with van der Waals surface area (Å²) in [4.78, 5) is 16.5. The molecule has 0 saturated heterocycles. The molecule has 41 heavy (non-hydrogen) atoms. The number of amides is 1. The minimum Gasteiger partial charge on any atom is -0.398 e. The lowest BCUT2D eigenvalue weighted by Gasteiger charge is -2.21. The van der Waals surface area contributed by atoms with Crippen molar-refractivity contribution >= 4 is 67.7 Å². The zero-order chi connectivity index (χ0) is 28.9. The van der Waals surface area contributed by atoms with Gasteiger partial charge in [-0.05, 0) is 54.3 Å². The number of aromatic nitrogens is 1. The van der Waals surface area contributed by atoms with Gasteiger partial charge in [0.1, 0.15) is 18.9 Å². The number of sulfonamides is 1. The lowest BCUT2D eigenvalue weighted by molar-refractivity contribution is -0.674. The van der Waals surface area contributed by atoms with Gasteiger partial charge in [0.2, 0.25) is 15.6 Å². The van der Waals surface area contributed by atoms with E-state index in [0.29, 0.717) is 41.1 Å². The summed E-state index contributed by atoms with van der Waals surface area (Å²) >= 11 is 12.7. The summed E-state index contributed by atoms with van der Waals surface area (Å²) in [6.07, 6.45) is 5.59. The smallest absolute Gasteiger partial charge is 0.374 e. The van der Waals surface area contributed by atoms with Crippen LogP contribution in [0.1, 0.15) is 19.2 Å². The van der Waals surface area contributed by atoms with Crippen LogP contribution >= 0.6 is 23.2 Å². The van der Waals surface area contributed by atoms with Gasteiger partial charge in [-0.25, -0.2) is 8.42 Å². The SMILES string of the molecule is CC[n+]1c(C=CC2=C3N(CC2)c2cc(Cl)c(Cl)cc2N3CC(=O)NS(C)(=O)=O)oc2ccc(-c3ccccc3)cc21. The van der Waals surface area contributed by atoms with Gasteiger partial charge in [0, 0.05) is 12.6 Å². The second-order valence-electron chi connectivity index (χ2n) is 9.96. The Bertz CT molecular complexity index is 1870. The number of nitrogens with one attached hydrogen (secondary N) is 1. The van der Waals surface area contributed by atoms with Gasteiger partial charge in [-0.2, -0.15) is 4.57 Å². The molecule has 0 bridgehead atoms. The van der Waals surface area contributed by atoms with Crippen LogP contribution in [0.5, 0.6) is 0 Å². The molecule has 4 aromatic rings. The molecule has 1 aromatic heterocycles.